The van der Waals surface area contributed by atoms with E-state index < -0.39 is 445 Å². The molecule has 818 valence electrons. The average molecular weight is 2070 g/mol. The minimum Gasteiger partial charge on any atom is -0.394 e. The third kappa shape index (κ3) is 26.5. The third-order valence-electron chi connectivity index (χ3n) is 25.7. The first-order valence-corrected chi connectivity index (χ1v) is 45.5. The summed E-state index contributed by atoms with van der Waals surface area (Å²) in [7, 11) is 0. The van der Waals surface area contributed by atoms with Crippen LogP contribution in [0.5, 0.6) is 0 Å². The summed E-state index contributed by atoms with van der Waals surface area (Å²) in [6.07, 6.45) is -102. The largest absolute Gasteiger partial charge is 0.394 e. The van der Waals surface area contributed by atoms with E-state index in [-0.39, 0.29) is 0 Å². The van der Waals surface area contributed by atoms with Gasteiger partial charge in [0.1, 0.15) is 262 Å². The van der Waals surface area contributed by atoms with Gasteiger partial charge in [0.25, 0.3) is 0 Å². The second-order valence-electron chi connectivity index (χ2n) is 36.0. The molecule has 0 saturated carbocycles. The first-order valence-electron chi connectivity index (χ1n) is 45.5. The SMILES string of the molecule is CC(=O)N[C@@H]1[C@@H](O)[C@H](O[C@@H]2O[C@H](CO)[C@@H](O[C@@H]3O[C@H](CO[C@H]4O[C@H](CO)[C@@H](O)[C@H](O)[C@@H]4O[C@@H]4O[C@H](CO)[C@@H](O[C@@H]5O[C@H](CO)[C@H](O)[C@H](O)[C@H]5NC(C)=O)[C@H](O)[C@H]4NC(C)=O)[C@@H](O)[C@H](O[C@H]4O[C@H](CO)[C@@H](O[C@@H]5O[C@H](CO)[C@@H](O)[C@H](O)[C@H]5NC(C)=O)[C@H](O)[C@@H]4O[C@@H]4O[C@H](CO)[C@@H](O[C@@H]5O[C@H](CO)[C@H](O)[C@H](O)[C@H]5NC(C)=O)[C@H](O)[C@H]4NC(C)=O)[C@@H]3O)[C@H](O)[C@H]2NC(C)=O)[C@@H](CO[C@H]2O[C@H](C)[C@H](O)[C@H](O)[C@H]2O)O[C@H]1O. The molecule has 11 saturated heterocycles. The molecule has 0 spiro atoms. The van der Waals surface area contributed by atoms with Crippen LogP contribution in [-0.4, -0.2) is 583 Å². The Hall–Kier alpha value is -5.63. The van der Waals surface area contributed by atoms with Gasteiger partial charge in [0.05, 0.1) is 72.2 Å². The zero-order valence-corrected chi connectivity index (χ0v) is 77.3. The predicted octanol–water partition coefficient (Wildman–Crippen LogP) is -22.9. The molecular weight excluding hydrogens is 1940 g/mol. The van der Waals surface area contributed by atoms with E-state index in [9.17, 15) is 171 Å². The molecule has 0 bridgehead atoms. The second-order valence-corrected chi connectivity index (χ2v) is 36.0. The van der Waals surface area contributed by atoms with Crippen molar-refractivity contribution in [3.8, 4) is 0 Å². The number of aliphatic hydroxyl groups is 27. The van der Waals surface area contributed by atoms with Crippen molar-refractivity contribution in [2.75, 3.05) is 66.1 Å². The van der Waals surface area contributed by atoms with Crippen LogP contribution < -0.4 is 37.2 Å². The molecule has 11 heterocycles. The fourth-order valence-electron chi connectivity index (χ4n) is 18.5. The summed E-state index contributed by atoms with van der Waals surface area (Å²) >= 11 is 0. The number of ether oxygens (including phenoxy) is 21. The predicted molar refractivity (Wildman–Crippen MR) is 442 cm³/mol. The van der Waals surface area contributed by atoms with Crippen LogP contribution in [-0.2, 0) is 133 Å². The van der Waals surface area contributed by atoms with Crippen molar-refractivity contribution < 1.29 is 271 Å². The smallest absolute Gasteiger partial charge is 0.217 e. The number of rotatable bonds is 37. The van der Waals surface area contributed by atoms with E-state index in [1.807, 2.05) is 0 Å². The lowest BCUT2D eigenvalue weighted by molar-refractivity contribution is -0.405. The molecule has 11 rings (SSSR count). The van der Waals surface area contributed by atoms with Gasteiger partial charge in [-0.1, -0.05) is 0 Å². The van der Waals surface area contributed by atoms with Gasteiger partial charge in [-0.25, -0.2) is 0 Å². The molecule has 55 atom stereocenters. The van der Waals surface area contributed by atoms with E-state index in [4.69, 9.17) is 99.5 Å². The lowest BCUT2D eigenvalue weighted by Crippen LogP contribution is -2.71. The highest BCUT2D eigenvalue weighted by atomic mass is 16.8. The van der Waals surface area contributed by atoms with E-state index in [1.54, 1.807) is 0 Å². The lowest BCUT2D eigenvalue weighted by Gasteiger charge is -2.52. The van der Waals surface area contributed by atoms with Crippen LogP contribution in [0.4, 0.5) is 0 Å². The molecule has 0 aromatic heterocycles. The number of carbonyl (C=O) groups is 7. The van der Waals surface area contributed by atoms with Crippen LogP contribution in [0.15, 0.2) is 0 Å². The molecule has 0 unspecified atom stereocenters. The summed E-state index contributed by atoms with van der Waals surface area (Å²) in [4.78, 5) is 90.6. The highest BCUT2D eigenvalue weighted by molar-refractivity contribution is 5.75. The highest BCUT2D eigenvalue weighted by Gasteiger charge is 2.63. The first-order chi connectivity index (χ1) is 67.1. The van der Waals surface area contributed by atoms with Crippen LogP contribution >= 0.6 is 0 Å². The molecule has 0 aromatic carbocycles. The summed E-state index contributed by atoms with van der Waals surface area (Å²) in [6, 6.07) is -13.4. The van der Waals surface area contributed by atoms with Gasteiger partial charge >= 0.3 is 0 Å². The van der Waals surface area contributed by atoms with E-state index in [2.05, 4.69) is 37.2 Å². The van der Waals surface area contributed by atoms with E-state index >= 15 is 0 Å². The van der Waals surface area contributed by atoms with Gasteiger partial charge in [-0.15, -0.1) is 0 Å². The molecule has 62 heteroatoms. The van der Waals surface area contributed by atoms with Crippen LogP contribution in [0.3, 0.4) is 0 Å². The maximum absolute atomic E-state index is 13.5. The van der Waals surface area contributed by atoms with Crippen molar-refractivity contribution in [3.63, 3.8) is 0 Å². The van der Waals surface area contributed by atoms with Gasteiger partial charge in [-0.3, -0.25) is 33.6 Å². The number of hydrogen-bond donors (Lipinski definition) is 34. The average Bonchev–Trinajstić information content (AvgIpc) is 0.728. The molecule has 11 aliphatic rings. The number of aliphatic hydroxyl groups excluding tert-OH is 27. The third-order valence-corrected chi connectivity index (χ3v) is 25.7. The quantitative estimate of drug-likeness (QED) is 0.0275. The van der Waals surface area contributed by atoms with Crippen LogP contribution in [0.25, 0.3) is 0 Å². The summed E-state index contributed by atoms with van der Waals surface area (Å²) in [5, 5.41) is 325. The molecule has 142 heavy (non-hydrogen) atoms. The van der Waals surface area contributed by atoms with Gasteiger partial charge < -0.3 is 275 Å². The zero-order valence-electron chi connectivity index (χ0n) is 77.3. The van der Waals surface area contributed by atoms with Crippen LogP contribution in [0.1, 0.15) is 55.4 Å². The molecule has 11 aliphatic heterocycles. The highest BCUT2D eigenvalue weighted by Crippen LogP contribution is 2.42. The van der Waals surface area contributed by atoms with Crippen molar-refractivity contribution in [2.45, 2.75) is 393 Å². The molecular formula is C80H133N7O55. The van der Waals surface area contributed by atoms with Gasteiger partial charge in [-0.05, 0) is 6.92 Å². The summed E-state index contributed by atoms with van der Waals surface area (Å²) in [5.41, 5.74) is 0. The van der Waals surface area contributed by atoms with Gasteiger partial charge in [-0.2, -0.15) is 0 Å². The Labute approximate surface area is 805 Å². The van der Waals surface area contributed by atoms with E-state index in [0.29, 0.717) is 0 Å². The maximum Gasteiger partial charge on any atom is 0.217 e. The Morgan fingerprint density at radius 3 is 0.789 bits per heavy atom. The topological polar surface area (TPSA) is 944 Å². The Balaban J connectivity index is 0.985. The summed E-state index contributed by atoms with van der Waals surface area (Å²) in [5.74, 6) is -6.58. The van der Waals surface area contributed by atoms with Crippen molar-refractivity contribution in [1.29, 1.82) is 0 Å². The molecule has 0 radical (unpaired) electrons. The van der Waals surface area contributed by atoms with Crippen molar-refractivity contribution >= 4 is 41.4 Å². The molecule has 7 amide bonds. The molecule has 34 N–H and O–H groups in total. The fourth-order valence-corrected chi connectivity index (χ4v) is 18.5. The number of amides is 7. The Morgan fingerprint density at radius 1 is 0.197 bits per heavy atom. The van der Waals surface area contributed by atoms with Crippen molar-refractivity contribution in [1.82, 2.24) is 37.2 Å². The van der Waals surface area contributed by atoms with Gasteiger partial charge in [0, 0.05) is 48.5 Å². The molecule has 62 nitrogen and oxygen atoms in total. The van der Waals surface area contributed by atoms with Crippen molar-refractivity contribution in [3.05, 3.63) is 0 Å². The zero-order chi connectivity index (χ0) is 105. The van der Waals surface area contributed by atoms with Crippen molar-refractivity contribution in [2.24, 2.45) is 0 Å². The number of carbonyl (C=O) groups excluding carboxylic acids is 7. The number of nitrogens with one attached hydrogen (secondary N) is 7. The fraction of sp³-hybridized carbons (Fsp3) is 0.912. The molecule has 0 aromatic rings. The van der Waals surface area contributed by atoms with Crippen LogP contribution in [0.2, 0.25) is 0 Å². The number of hydrogen-bond acceptors (Lipinski definition) is 55. The minimum atomic E-state index is -2.76. The standard InChI is InChI=1S/C80H133N7O55/c1-19-44(103)57(116)59(118)77(124-19)122-18-36-66(53(112)37(70(121)125-36)81-20(2)96)138-74-41(85-24(6)100)56(115)64(33(15-94)130-74)139-78-61(120)67(49(108)35(134-78)17-123-79-68(58(117)48(107)30(12-91)129-79)141-75-42(86-25(7)101)54(113)62(31(13-92)131-75)135-71-38(82-21(3)97)50(109)45(104)27(9-88)126-71)140-80-69(60(119)65(34(16-95)133-80)137-73-40(84-23(5)99)52(111)47(106)29(11-90)128-73)142-76-43(87-26(8)102)55(114)63(32(14-93)132-76)136-72-39(83-22(4)98)51(110)46(105)28(10-89)127-72/h19,27-80,88-95,103-121H,9-18H2,1-8H3,(H,81,96)(H,82,97)(H,83,98)(H,84,99)(H,85,100)(H,86,101)(H,87,102)/t19-,27-,28-,29-,30-,31-,32-,33-,34-,35-,36-,37-,38-,39-,40-,41-,42-,43-,44+,45+,46+,47-,48-,49-,50-,51-,52-,53-,54-,55-,56-,57+,58+,59-,60+,61+,62-,63-,64-,65-,66-,67+,68+,69+,70-,71+,72+,73+,74+,75+,76+,77+,78+,79+,80-/m1/s1. The normalized spacial score (nSPS) is 47.5. The van der Waals surface area contributed by atoms with E-state index in [1.165, 1.54) is 6.92 Å². The van der Waals surface area contributed by atoms with Crippen LogP contribution in [0, 0.1) is 0 Å². The maximum atomic E-state index is 13.5. The molecule has 0 aliphatic carbocycles. The summed E-state index contributed by atoms with van der Waals surface area (Å²) in [6.45, 7) is -3.76. The summed E-state index contributed by atoms with van der Waals surface area (Å²) < 4.78 is 128. The van der Waals surface area contributed by atoms with E-state index in [0.717, 1.165) is 48.5 Å². The monoisotopic (exact) mass is 2070 g/mol. The first kappa shape index (κ1) is 117. The Morgan fingerprint density at radius 2 is 0.444 bits per heavy atom. The lowest BCUT2D eigenvalue weighted by atomic mass is 9.93. The Kier molecular flexibility index (Phi) is 42.1. The molecule has 11 fully saturated rings. The van der Waals surface area contributed by atoms with Gasteiger partial charge in [0.2, 0.25) is 41.4 Å². The Bertz CT molecular complexity index is 4030. The second kappa shape index (κ2) is 51.3. The van der Waals surface area contributed by atoms with Gasteiger partial charge in [0.15, 0.2) is 69.2 Å². The minimum absolute atomic E-state index is 0.833.